The Hall–Kier alpha value is -2.33. The molecule has 25 heavy (non-hydrogen) atoms. The third-order valence-corrected chi connectivity index (χ3v) is 5.57. The number of nitrogens with zero attached hydrogens (tertiary/aromatic N) is 3. The second-order valence-corrected chi connectivity index (χ2v) is 7.27. The molecular weight excluding hydrogens is 356 g/mol. The average molecular weight is 373 g/mol. The summed E-state index contributed by atoms with van der Waals surface area (Å²) in [5.74, 6) is -0.768. The van der Waals surface area contributed by atoms with E-state index < -0.39 is 22.5 Å². The first kappa shape index (κ1) is 19.0. The van der Waals surface area contributed by atoms with Gasteiger partial charge in [-0.25, -0.2) is 18.2 Å². The molecule has 0 bridgehead atoms. The van der Waals surface area contributed by atoms with Crippen LogP contribution in [0.25, 0.3) is 0 Å². The minimum atomic E-state index is -4.03. The first-order valence-electron chi connectivity index (χ1n) is 7.13. The molecule has 136 valence electrons. The molecule has 2 aromatic rings. The van der Waals surface area contributed by atoms with E-state index in [1.54, 1.807) is 6.92 Å². The van der Waals surface area contributed by atoms with E-state index in [1.807, 2.05) is 0 Å². The van der Waals surface area contributed by atoms with Crippen molar-refractivity contribution in [3.05, 3.63) is 47.5 Å². The Morgan fingerprint density at radius 2 is 2.08 bits per heavy atom. The third kappa shape index (κ3) is 3.85. The molecule has 7 nitrogen and oxygen atoms in total. The molecule has 0 unspecified atom stereocenters. The number of esters is 1. The highest BCUT2D eigenvalue weighted by atomic mass is 32.2. The molecule has 0 aliphatic rings. The molecule has 0 aliphatic carbocycles. The van der Waals surface area contributed by atoms with Gasteiger partial charge < -0.3 is 4.74 Å². The zero-order valence-corrected chi connectivity index (χ0v) is 14.6. The molecule has 0 saturated heterocycles. The number of benzene rings is 1. The van der Waals surface area contributed by atoms with Crippen LogP contribution in [0.15, 0.2) is 35.5 Å². The number of hydrogen-bond donors (Lipinski definition) is 0. The topological polar surface area (TPSA) is 81.5 Å². The summed E-state index contributed by atoms with van der Waals surface area (Å²) in [6.45, 7) is -1.60. The van der Waals surface area contributed by atoms with Crippen LogP contribution in [0.4, 0.5) is 8.78 Å². The molecule has 1 heterocycles. The minimum Gasteiger partial charge on any atom is -0.465 e. The summed E-state index contributed by atoms with van der Waals surface area (Å²) in [4.78, 5) is 15.3. The van der Waals surface area contributed by atoms with E-state index >= 15 is 0 Å². The van der Waals surface area contributed by atoms with Crippen LogP contribution < -0.4 is 0 Å². The average Bonchev–Trinajstić information content (AvgIpc) is 3.02. The fourth-order valence-electron chi connectivity index (χ4n) is 2.22. The number of aryl methyl sites for hydroxylation is 1. The Bertz CT molecular complexity index is 881. The van der Waals surface area contributed by atoms with Crippen molar-refractivity contribution in [3.8, 4) is 0 Å². The van der Waals surface area contributed by atoms with Crippen LogP contribution >= 0.6 is 0 Å². The van der Waals surface area contributed by atoms with Crippen molar-refractivity contribution >= 4 is 16.0 Å². The summed E-state index contributed by atoms with van der Waals surface area (Å²) in [7, 11) is -1.58. The maximum Gasteiger partial charge on any atom is 0.337 e. The lowest BCUT2D eigenvalue weighted by Gasteiger charge is -2.19. The second kappa shape index (κ2) is 7.28. The summed E-state index contributed by atoms with van der Waals surface area (Å²) in [6, 6.07) is 4.13. The van der Waals surface area contributed by atoms with Gasteiger partial charge in [0.2, 0.25) is 10.0 Å². The normalized spacial score (nSPS) is 12.0. The quantitative estimate of drug-likeness (QED) is 0.725. The number of hydrogen-bond acceptors (Lipinski definition) is 5. The minimum absolute atomic E-state index is 0.0779. The first-order valence-corrected chi connectivity index (χ1v) is 8.57. The Morgan fingerprint density at radius 1 is 1.40 bits per heavy atom. The number of rotatable bonds is 6. The highest BCUT2D eigenvalue weighted by Gasteiger charge is 2.26. The van der Waals surface area contributed by atoms with E-state index in [2.05, 4.69) is 9.72 Å². The van der Waals surface area contributed by atoms with Gasteiger partial charge in [0.1, 0.15) is 5.82 Å². The fourth-order valence-corrected chi connectivity index (χ4v) is 3.59. The Labute approximate surface area is 143 Å². The van der Waals surface area contributed by atoms with Crippen molar-refractivity contribution in [2.45, 2.75) is 24.9 Å². The maximum absolute atomic E-state index is 12.9. The molecule has 1 aromatic carbocycles. The molecule has 0 radical (unpaired) electrons. The molecule has 0 aliphatic heterocycles. The predicted octanol–water partition coefficient (Wildman–Crippen LogP) is 2.19. The number of carbonyl (C=O) groups is 1. The summed E-state index contributed by atoms with van der Waals surface area (Å²) < 4.78 is 57.4. The van der Waals surface area contributed by atoms with Crippen molar-refractivity contribution < 1.29 is 26.7 Å². The van der Waals surface area contributed by atoms with E-state index in [0.717, 1.165) is 10.5 Å². The van der Waals surface area contributed by atoms with E-state index in [0.29, 0.717) is 10.1 Å². The Balaban J connectivity index is 2.37. The number of sulfonamides is 1. The second-order valence-electron chi connectivity index (χ2n) is 5.26. The number of methoxy groups -OCH3 is 1. The lowest BCUT2D eigenvalue weighted by Crippen LogP contribution is -2.29. The Kier molecular flexibility index (Phi) is 5.53. The number of imidazole rings is 1. The number of ether oxygens (including phenoxy) is 1. The van der Waals surface area contributed by atoms with Crippen LogP contribution in [0.1, 0.15) is 28.3 Å². The fraction of sp³-hybridized carbons (Fsp3) is 0.333. The van der Waals surface area contributed by atoms with Crippen molar-refractivity contribution in [2.24, 2.45) is 0 Å². The van der Waals surface area contributed by atoms with Gasteiger partial charge in [0.15, 0.2) is 0 Å². The molecule has 0 saturated carbocycles. The first-order chi connectivity index (χ1) is 11.7. The third-order valence-electron chi connectivity index (χ3n) is 3.62. The van der Waals surface area contributed by atoms with Gasteiger partial charge in [-0.05, 0) is 24.6 Å². The molecule has 1 aromatic heterocycles. The molecule has 10 heteroatoms. The van der Waals surface area contributed by atoms with Crippen LogP contribution in [0.3, 0.4) is 0 Å². The zero-order chi connectivity index (χ0) is 18.8. The zero-order valence-electron chi connectivity index (χ0n) is 13.8. The monoisotopic (exact) mass is 373 g/mol. The Morgan fingerprint density at radius 3 is 2.68 bits per heavy atom. The number of aromatic nitrogens is 2. The van der Waals surface area contributed by atoms with E-state index in [-0.39, 0.29) is 22.8 Å². The SMILES string of the molecule is COC(=O)c1ccc(C)c(S(=O)(=O)N(C)Cc2nccn2C(F)F)c1. The summed E-state index contributed by atoms with van der Waals surface area (Å²) in [6.07, 6.45) is 2.24. The van der Waals surface area contributed by atoms with Gasteiger partial charge in [0.25, 0.3) is 0 Å². The van der Waals surface area contributed by atoms with Gasteiger partial charge in [-0.15, -0.1) is 0 Å². The van der Waals surface area contributed by atoms with Crippen molar-refractivity contribution in [1.82, 2.24) is 13.9 Å². The van der Waals surface area contributed by atoms with Crippen molar-refractivity contribution in [2.75, 3.05) is 14.2 Å². The van der Waals surface area contributed by atoms with E-state index in [9.17, 15) is 22.0 Å². The number of halogens is 2. The van der Waals surface area contributed by atoms with Crippen LogP contribution in [-0.4, -0.2) is 42.4 Å². The van der Waals surface area contributed by atoms with Gasteiger partial charge in [-0.1, -0.05) is 6.07 Å². The smallest absolute Gasteiger partial charge is 0.337 e. The molecular formula is C15H17F2N3O4S. The van der Waals surface area contributed by atoms with Crippen LogP contribution in [0.5, 0.6) is 0 Å². The van der Waals surface area contributed by atoms with Crippen molar-refractivity contribution in [3.63, 3.8) is 0 Å². The van der Waals surface area contributed by atoms with Crippen LogP contribution in [0.2, 0.25) is 0 Å². The number of alkyl halides is 2. The van der Waals surface area contributed by atoms with Gasteiger partial charge in [0.05, 0.1) is 24.1 Å². The molecule has 0 fully saturated rings. The lowest BCUT2D eigenvalue weighted by molar-refractivity contribution is 0.0599. The maximum atomic E-state index is 12.9. The summed E-state index contributed by atoms with van der Waals surface area (Å²) in [5.41, 5.74) is 0.492. The van der Waals surface area contributed by atoms with E-state index in [1.165, 1.54) is 38.6 Å². The molecule has 2 rings (SSSR count). The van der Waals surface area contributed by atoms with Gasteiger partial charge in [-0.2, -0.15) is 13.1 Å². The predicted molar refractivity (Wildman–Crippen MR) is 84.7 cm³/mol. The van der Waals surface area contributed by atoms with Crippen LogP contribution in [0, 0.1) is 6.92 Å². The molecule has 0 N–H and O–H groups in total. The molecule has 0 amide bonds. The van der Waals surface area contributed by atoms with Crippen LogP contribution in [-0.2, 0) is 21.3 Å². The number of carbonyl (C=O) groups excluding carboxylic acids is 1. The van der Waals surface area contributed by atoms with E-state index in [4.69, 9.17) is 0 Å². The van der Waals surface area contributed by atoms with Crippen molar-refractivity contribution in [1.29, 1.82) is 0 Å². The highest BCUT2D eigenvalue weighted by Crippen LogP contribution is 2.23. The largest absolute Gasteiger partial charge is 0.465 e. The highest BCUT2D eigenvalue weighted by molar-refractivity contribution is 7.89. The summed E-state index contributed by atoms with van der Waals surface area (Å²) in [5, 5.41) is 0. The molecule has 0 spiro atoms. The molecule has 0 atom stereocenters. The van der Waals surface area contributed by atoms with Gasteiger partial charge in [-0.3, -0.25) is 4.57 Å². The summed E-state index contributed by atoms with van der Waals surface area (Å²) >= 11 is 0. The van der Waals surface area contributed by atoms with Gasteiger partial charge >= 0.3 is 12.5 Å². The lowest BCUT2D eigenvalue weighted by atomic mass is 10.1. The van der Waals surface area contributed by atoms with Gasteiger partial charge in [0, 0.05) is 19.4 Å². The standard InChI is InChI=1S/C15H17F2N3O4S/c1-10-4-5-11(14(21)24-3)8-12(10)25(22,23)19(2)9-13-18-6-7-20(13)15(16)17/h4-8,15H,9H2,1-3H3.